The molecule has 0 spiro atoms. The second-order valence-corrected chi connectivity index (χ2v) is 8.79. The van der Waals surface area contributed by atoms with E-state index in [-0.39, 0.29) is 11.6 Å². The van der Waals surface area contributed by atoms with Crippen molar-refractivity contribution in [2.75, 3.05) is 13.2 Å². The summed E-state index contributed by atoms with van der Waals surface area (Å²) in [6, 6.07) is 3.91. The zero-order chi connectivity index (χ0) is 21.3. The first-order chi connectivity index (χ1) is 14.5. The lowest BCUT2D eigenvalue weighted by molar-refractivity contribution is -0.117. The summed E-state index contributed by atoms with van der Waals surface area (Å²) in [7, 11) is 0. The van der Waals surface area contributed by atoms with Gasteiger partial charge in [0.25, 0.3) is 0 Å². The Morgan fingerprint density at radius 3 is 2.27 bits per heavy atom. The molecule has 30 heavy (non-hydrogen) atoms. The van der Waals surface area contributed by atoms with Crippen molar-refractivity contribution in [1.29, 1.82) is 0 Å². The second-order valence-electron chi connectivity index (χ2n) is 7.62. The van der Waals surface area contributed by atoms with Crippen LogP contribution in [0, 0.1) is 3.57 Å². The van der Waals surface area contributed by atoms with E-state index < -0.39 is 5.92 Å². The van der Waals surface area contributed by atoms with Gasteiger partial charge in [-0.2, -0.15) is 0 Å². The first-order valence-corrected chi connectivity index (χ1v) is 11.5. The van der Waals surface area contributed by atoms with Crippen LogP contribution in [-0.4, -0.2) is 24.8 Å². The third-order valence-corrected chi connectivity index (χ3v) is 6.45. The standard InChI is InChI=1S/C24H25IO5/c1-3-11-29-24-15(25)12-14(13-20(24)28-4-2)21-22-16(26)7-5-9-18(22)30-19-10-6-8-17(27)23(19)21/h3,12-13,21H,1,4-11H2,2H3. The molecule has 1 heterocycles. The molecule has 0 unspecified atom stereocenters. The molecule has 0 bridgehead atoms. The van der Waals surface area contributed by atoms with Crippen molar-refractivity contribution in [3.63, 3.8) is 0 Å². The Kier molecular flexibility index (Phi) is 6.32. The van der Waals surface area contributed by atoms with Gasteiger partial charge in [0.2, 0.25) is 0 Å². The van der Waals surface area contributed by atoms with E-state index >= 15 is 0 Å². The Balaban J connectivity index is 1.88. The van der Waals surface area contributed by atoms with Crippen molar-refractivity contribution in [3.8, 4) is 11.5 Å². The third kappa shape index (κ3) is 3.82. The molecule has 1 aromatic carbocycles. The van der Waals surface area contributed by atoms with Crippen molar-refractivity contribution in [3.05, 3.63) is 56.6 Å². The lowest BCUT2D eigenvalue weighted by Crippen LogP contribution is -2.30. The van der Waals surface area contributed by atoms with E-state index in [1.54, 1.807) is 6.08 Å². The van der Waals surface area contributed by atoms with Crippen LogP contribution < -0.4 is 9.47 Å². The van der Waals surface area contributed by atoms with Crippen LogP contribution in [0.25, 0.3) is 0 Å². The average molecular weight is 520 g/mol. The van der Waals surface area contributed by atoms with Crippen molar-refractivity contribution in [1.82, 2.24) is 0 Å². The van der Waals surface area contributed by atoms with Crippen LogP contribution in [0.5, 0.6) is 11.5 Å². The maximum absolute atomic E-state index is 13.0. The molecule has 158 valence electrons. The van der Waals surface area contributed by atoms with Crippen LogP contribution in [0.3, 0.4) is 0 Å². The van der Waals surface area contributed by atoms with Crippen LogP contribution in [0.15, 0.2) is 47.5 Å². The van der Waals surface area contributed by atoms with Gasteiger partial charge in [-0.25, -0.2) is 0 Å². The molecule has 0 saturated carbocycles. The number of carbonyl (C=O) groups excluding carboxylic acids is 2. The van der Waals surface area contributed by atoms with Crippen molar-refractivity contribution < 1.29 is 23.8 Å². The Morgan fingerprint density at radius 2 is 1.70 bits per heavy atom. The number of Topliss-reactive ketones (excluding diaryl/α,β-unsaturated/α-hetero) is 2. The molecule has 0 N–H and O–H groups in total. The van der Waals surface area contributed by atoms with Crippen molar-refractivity contribution in [2.24, 2.45) is 0 Å². The van der Waals surface area contributed by atoms with E-state index in [1.807, 2.05) is 19.1 Å². The molecule has 3 aliphatic rings. The van der Waals surface area contributed by atoms with Gasteiger partial charge in [0.1, 0.15) is 18.1 Å². The molecular weight excluding hydrogens is 495 g/mol. The number of benzene rings is 1. The normalized spacial score (nSPS) is 19.3. The molecule has 5 nitrogen and oxygen atoms in total. The van der Waals surface area contributed by atoms with Gasteiger partial charge >= 0.3 is 0 Å². The van der Waals surface area contributed by atoms with Crippen LogP contribution >= 0.6 is 22.6 Å². The van der Waals surface area contributed by atoms with E-state index in [4.69, 9.17) is 14.2 Å². The summed E-state index contributed by atoms with van der Waals surface area (Å²) in [5.41, 5.74) is 2.17. The van der Waals surface area contributed by atoms with Crippen molar-refractivity contribution >= 4 is 34.2 Å². The predicted molar refractivity (Wildman–Crippen MR) is 122 cm³/mol. The quantitative estimate of drug-likeness (QED) is 0.372. The highest BCUT2D eigenvalue weighted by atomic mass is 127. The minimum Gasteiger partial charge on any atom is -0.490 e. The summed E-state index contributed by atoms with van der Waals surface area (Å²) >= 11 is 2.22. The number of allylic oxidation sites excluding steroid dienone is 4. The smallest absolute Gasteiger partial charge is 0.174 e. The Labute approximate surface area is 190 Å². The van der Waals surface area contributed by atoms with E-state index in [1.165, 1.54) is 0 Å². The van der Waals surface area contributed by atoms with Gasteiger partial charge in [0.15, 0.2) is 23.1 Å². The number of carbonyl (C=O) groups is 2. The molecule has 0 amide bonds. The lowest BCUT2D eigenvalue weighted by atomic mass is 9.73. The first-order valence-electron chi connectivity index (χ1n) is 10.4. The summed E-state index contributed by atoms with van der Waals surface area (Å²) in [5.74, 6) is 2.50. The highest BCUT2D eigenvalue weighted by Gasteiger charge is 2.42. The average Bonchev–Trinajstić information content (AvgIpc) is 2.72. The molecular formula is C24H25IO5. The Bertz CT molecular complexity index is 930. The predicted octanol–water partition coefficient (Wildman–Crippen LogP) is 5.38. The molecule has 0 saturated heterocycles. The molecule has 6 heteroatoms. The monoisotopic (exact) mass is 520 g/mol. The van der Waals surface area contributed by atoms with Crippen LogP contribution in [0.4, 0.5) is 0 Å². The Morgan fingerprint density at radius 1 is 1.07 bits per heavy atom. The number of hydrogen-bond donors (Lipinski definition) is 0. The molecule has 0 atom stereocenters. The summed E-state index contributed by atoms with van der Waals surface area (Å²) < 4.78 is 18.7. The number of rotatable bonds is 6. The van der Waals surface area contributed by atoms with Crippen molar-refractivity contribution in [2.45, 2.75) is 51.4 Å². The van der Waals surface area contributed by atoms with Gasteiger partial charge in [-0.1, -0.05) is 12.7 Å². The van der Waals surface area contributed by atoms with Gasteiger partial charge in [0, 0.05) is 42.7 Å². The van der Waals surface area contributed by atoms with Gasteiger partial charge in [-0.05, 0) is 60.1 Å². The van der Waals surface area contributed by atoms with E-state index in [9.17, 15) is 9.59 Å². The maximum Gasteiger partial charge on any atom is 0.174 e. The van der Waals surface area contributed by atoms with Crippen LogP contribution in [-0.2, 0) is 14.3 Å². The summed E-state index contributed by atoms with van der Waals surface area (Å²) in [6.07, 6.45) is 5.72. The topological polar surface area (TPSA) is 61.8 Å². The van der Waals surface area contributed by atoms with Gasteiger partial charge < -0.3 is 14.2 Å². The number of halogens is 1. The number of ether oxygens (including phenoxy) is 3. The molecule has 0 aromatic heterocycles. The van der Waals surface area contributed by atoms with Gasteiger partial charge in [-0.15, -0.1) is 0 Å². The number of hydrogen-bond acceptors (Lipinski definition) is 5. The largest absolute Gasteiger partial charge is 0.490 e. The summed E-state index contributed by atoms with van der Waals surface area (Å²) in [5, 5.41) is 0. The molecule has 1 aromatic rings. The van der Waals surface area contributed by atoms with E-state index in [0.717, 1.165) is 46.3 Å². The second kappa shape index (κ2) is 8.96. The van der Waals surface area contributed by atoms with E-state index in [0.29, 0.717) is 48.7 Å². The summed E-state index contributed by atoms with van der Waals surface area (Å²) in [6.45, 7) is 6.48. The van der Waals surface area contributed by atoms with Crippen LogP contribution in [0.1, 0.15) is 56.9 Å². The fourth-order valence-corrected chi connectivity index (χ4v) is 5.23. The molecule has 4 rings (SSSR count). The fourth-order valence-electron chi connectivity index (χ4n) is 4.45. The van der Waals surface area contributed by atoms with Gasteiger partial charge in [0.05, 0.1) is 10.2 Å². The SMILES string of the molecule is C=CCOc1c(I)cc(C2C3=C(CCCC3=O)OC3=C2C(=O)CCC3)cc1OCC. The number of ketones is 2. The molecule has 1 aliphatic heterocycles. The summed E-state index contributed by atoms with van der Waals surface area (Å²) in [4.78, 5) is 25.9. The fraction of sp³-hybridized carbons (Fsp3) is 0.417. The van der Waals surface area contributed by atoms with E-state index in [2.05, 4.69) is 29.2 Å². The minimum atomic E-state index is -0.398. The highest BCUT2D eigenvalue weighted by Crippen LogP contribution is 2.49. The third-order valence-electron chi connectivity index (χ3n) is 5.65. The highest BCUT2D eigenvalue weighted by molar-refractivity contribution is 14.1. The zero-order valence-corrected chi connectivity index (χ0v) is 19.3. The molecule has 0 fully saturated rings. The zero-order valence-electron chi connectivity index (χ0n) is 17.1. The first kappa shape index (κ1) is 21.2. The molecule has 0 radical (unpaired) electrons. The Hall–Kier alpha value is -2.09. The minimum absolute atomic E-state index is 0.0751. The molecule has 2 aliphatic carbocycles. The maximum atomic E-state index is 13.0. The van der Waals surface area contributed by atoms with Gasteiger partial charge in [-0.3, -0.25) is 9.59 Å². The lowest BCUT2D eigenvalue weighted by Gasteiger charge is -2.36. The van der Waals surface area contributed by atoms with Crippen LogP contribution in [0.2, 0.25) is 0 Å².